The van der Waals surface area contributed by atoms with Crippen molar-refractivity contribution in [3.8, 4) is 0 Å². The molecule has 0 aliphatic rings. The molecule has 0 aromatic heterocycles. The van der Waals surface area contributed by atoms with E-state index in [1.807, 2.05) is 0 Å². The topological polar surface area (TPSA) is 17.1 Å². The van der Waals surface area contributed by atoms with Crippen molar-refractivity contribution in [2.75, 3.05) is 0 Å². The van der Waals surface area contributed by atoms with Gasteiger partial charge in [-0.25, -0.2) is 0 Å². The fraction of sp³-hybridized carbons (Fsp3) is 0.583. The summed E-state index contributed by atoms with van der Waals surface area (Å²) >= 11 is 0. The van der Waals surface area contributed by atoms with Gasteiger partial charge in [0.25, 0.3) is 0 Å². The van der Waals surface area contributed by atoms with Gasteiger partial charge in [-0.05, 0) is 38.7 Å². The number of rotatable bonds is 5. The normalized spacial score (nSPS) is 11.6. The van der Waals surface area contributed by atoms with Crippen LogP contribution in [0.1, 0.15) is 40.5 Å². The number of carbonyl (C=O) groups excluding carboxylic acids is 1. The summed E-state index contributed by atoms with van der Waals surface area (Å²) in [5.74, 6) is 0.482. The molecule has 0 rings (SSSR count). The van der Waals surface area contributed by atoms with Crippen LogP contribution < -0.4 is 0 Å². The first-order chi connectivity index (χ1) is 6.07. The van der Waals surface area contributed by atoms with E-state index in [1.54, 1.807) is 6.08 Å². The SMILES string of the molecule is CC(C)=CCCC(=CC=O)C(C)C. The van der Waals surface area contributed by atoms with Gasteiger partial charge in [-0.15, -0.1) is 0 Å². The Bertz CT molecular complexity index is 205. The van der Waals surface area contributed by atoms with Crippen molar-refractivity contribution in [3.05, 3.63) is 23.3 Å². The second-order valence-corrected chi connectivity index (χ2v) is 3.85. The average Bonchev–Trinajstić information content (AvgIpc) is 2.02. The molecule has 13 heavy (non-hydrogen) atoms. The highest BCUT2D eigenvalue weighted by atomic mass is 16.1. The molecule has 0 heterocycles. The average molecular weight is 180 g/mol. The highest BCUT2D eigenvalue weighted by Gasteiger charge is 2.00. The third kappa shape index (κ3) is 6.32. The molecule has 0 amide bonds. The van der Waals surface area contributed by atoms with E-state index in [9.17, 15) is 4.79 Å². The van der Waals surface area contributed by atoms with Crippen LogP contribution in [0.4, 0.5) is 0 Å². The van der Waals surface area contributed by atoms with E-state index in [0.717, 1.165) is 19.1 Å². The molecule has 0 fully saturated rings. The predicted octanol–water partition coefficient (Wildman–Crippen LogP) is 3.51. The van der Waals surface area contributed by atoms with Gasteiger partial charge >= 0.3 is 0 Å². The summed E-state index contributed by atoms with van der Waals surface area (Å²) in [7, 11) is 0. The summed E-state index contributed by atoms with van der Waals surface area (Å²) in [5, 5.41) is 0. The van der Waals surface area contributed by atoms with Crippen LogP contribution in [-0.2, 0) is 4.79 Å². The van der Waals surface area contributed by atoms with Crippen LogP contribution in [0.25, 0.3) is 0 Å². The molecule has 1 heteroatoms. The zero-order valence-corrected chi connectivity index (χ0v) is 9.13. The van der Waals surface area contributed by atoms with E-state index >= 15 is 0 Å². The molecule has 0 aromatic rings. The van der Waals surface area contributed by atoms with Crippen LogP contribution in [0.2, 0.25) is 0 Å². The molecule has 0 saturated carbocycles. The molecule has 1 nitrogen and oxygen atoms in total. The molecule has 0 N–H and O–H groups in total. The van der Waals surface area contributed by atoms with Gasteiger partial charge in [0.2, 0.25) is 0 Å². The third-order valence-corrected chi connectivity index (χ3v) is 2.01. The fourth-order valence-electron chi connectivity index (χ4n) is 1.18. The highest BCUT2D eigenvalue weighted by molar-refractivity contribution is 5.66. The van der Waals surface area contributed by atoms with Gasteiger partial charge in [0.05, 0.1) is 0 Å². The first-order valence-electron chi connectivity index (χ1n) is 4.85. The van der Waals surface area contributed by atoms with Crippen molar-refractivity contribution in [2.45, 2.75) is 40.5 Å². The van der Waals surface area contributed by atoms with Gasteiger partial charge in [0.15, 0.2) is 0 Å². The molecule has 0 atom stereocenters. The van der Waals surface area contributed by atoms with Crippen LogP contribution in [0.15, 0.2) is 23.3 Å². The van der Waals surface area contributed by atoms with Crippen molar-refractivity contribution >= 4 is 6.29 Å². The Morgan fingerprint density at radius 2 is 1.92 bits per heavy atom. The minimum Gasteiger partial charge on any atom is -0.299 e. The lowest BCUT2D eigenvalue weighted by Crippen LogP contribution is -1.94. The quantitative estimate of drug-likeness (QED) is 0.359. The third-order valence-electron chi connectivity index (χ3n) is 2.01. The van der Waals surface area contributed by atoms with Crippen LogP contribution in [-0.4, -0.2) is 6.29 Å². The smallest absolute Gasteiger partial charge is 0.142 e. The Kier molecular flexibility index (Phi) is 6.21. The number of allylic oxidation sites excluding steroid dienone is 4. The first kappa shape index (κ1) is 12.2. The summed E-state index contributed by atoms with van der Waals surface area (Å²) < 4.78 is 0. The van der Waals surface area contributed by atoms with Gasteiger partial charge in [-0.1, -0.05) is 31.1 Å². The Hall–Kier alpha value is -0.850. The molecule has 0 aliphatic heterocycles. The second kappa shape index (κ2) is 6.64. The van der Waals surface area contributed by atoms with Crippen LogP contribution in [0.3, 0.4) is 0 Å². The Morgan fingerprint density at radius 3 is 2.31 bits per heavy atom. The van der Waals surface area contributed by atoms with Crippen molar-refractivity contribution < 1.29 is 4.79 Å². The van der Waals surface area contributed by atoms with E-state index in [2.05, 4.69) is 33.8 Å². The number of hydrogen-bond acceptors (Lipinski definition) is 1. The lowest BCUT2D eigenvalue weighted by atomic mass is 9.98. The molecular weight excluding hydrogens is 160 g/mol. The largest absolute Gasteiger partial charge is 0.299 e. The maximum Gasteiger partial charge on any atom is 0.142 e. The van der Waals surface area contributed by atoms with E-state index in [-0.39, 0.29) is 0 Å². The van der Waals surface area contributed by atoms with E-state index in [1.165, 1.54) is 11.1 Å². The molecule has 0 spiro atoms. The Morgan fingerprint density at radius 1 is 1.31 bits per heavy atom. The lowest BCUT2D eigenvalue weighted by Gasteiger charge is -2.08. The van der Waals surface area contributed by atoms with Crippen molar-refractivity contribution in [2.24, 2.45) is 5.92 Å². The number of hydrogen-bond donors (Lipinski definition) is 0. The second-order valence-electron chi connectivity index (χ2n) is 3.85. The summed E-state index contributed by atoms with van der Waals surface area (Å²) in [6.07, 6.45) is 6.84. The summed E-state index contributed by atoms with van der Waals surface area (Å²) in [6, 6.07) is 0. The molecule has 0 saturated heterocycles. The zero-order chi connectivity index (χ0) is 10.3. The lowest BCUT2D eigenvalue weighted by molar-refractivity contribution is -0.104. The molecule has 0 bridgehead atoms. The molecule has 0 aromatic carbocycles. The van der Waals surface area contributed by atoms with Crippen LogP contribution in [0.5, 0.6) is 0 Å². The zero-order valence-electron chi connectivity index (χ0n) is 9.13. The van der Waals surface area contributed by atoms with Crippen LogP contribution >= 0.6 is 0 Å². The maximum absolute atomic E-state index is 10.3. The monoisotopic (exact) mass is 180 g/mol. The fourth-order valence-corrected chi connectivity index (χ4v) is 1.18. The van der Waals surface area contributed by atoms with Crippen molar-refractivity contribution in [3.63, 3.8) is 0 Å². The van der Waals surface area contributed by atoms with Crippen LogP contribution in [0, 0.1) is 5.92 Å². The van der Waals surface area contributed by atoms with E-state index in [0.29, 0.717) is 5.92 Å². The van der Waals surface area contributed by atoms with Crippen molar-refractivity contribution in [1.29, 1.82) is 0 Å². The minimum absolute atomic E-state index is 0.482. The first-order valence-corrected chi connectivity index (χ1v) is 4.85. The van der Waals surface area contributed by atoms with Gasteiger partial charge < -0.3 is 0 Å². The molecule has 0 unspecified atom stereocenters. The molecule has 0 radical (unpaired) electrons. The standard InChI is InChI=1S/C12H20O/c1-10(2)6-5-7-12(8-9-13)11(3)4/h6,8-9,11H,5,7H2,1-4H3. The predicted molar refractivity (Wildman–Crippen MR) is 57.7 cm³/mol. The summed E-state index contributed by atoms with van der Waals surface area (Å²) in [5.41, 5.74) is 2.58. The highest BCUT2D eigenvalue weighted by Crippen LogP contribution is 2.15. The Labute approximate surface area is 81.5 Å². The van der Waals surface area contributed by atoms with Gasteiger partial charge in [0.1, 0.15) is 6.29 Å². The molecule has 74 valence electrons. The summed E-state index contributed by atoms with van der Waals surface area (Å²) in [4.78, 5) is 10.3. The van der Waals surface area contributed by atoms with E-state index in [4.69, 9.17) is 0 Å². The van der Waals surface area contributed by atoms with Gasteiger partial charge in [0, 0.05) is 0 Å². The minimum atomic E-state index is 0.482. The van der Waals surface area contributed by atoms with E-state index < -0.39 is 0 Å². The van der Waals surface area contributed by atoms with Gasteiger partial charge in [-0.3, -0.25) is 4.79 Å². The van der Waals surface area contributed by atoms with Gasteiger partial charge in [-0.2, -0.15) is 0 Å². The number of aldehydes is 1. The van der Waals surface area contributed by atoms with Crippen molar-refractivity contribution in [1.82, 2.24) is 0 Å². The maximum atomic E-state index is 10.3. The summed E-state index contributed by atoms with van der Waals surface area (Å²) in [6.45, 7) is 8.44. The Balaban J connectivity index is 4.06. The number of carbonyl (C=O) groups is 1. The molecular formula is C12H20O. The molecule has 0 aliphatic carbocycles.